The van der Waals surface area contributed by atoms with E-state index >= 15 is 0 Å². The number of rotatable bonds is 3. The van der Waals surface area contributed by atoms with Gasteiger partial charge in [-0.25, -0.2) is 0 Å². The molecule has 86 valence electrons. The van der Waals surface area contributed by atoms with Gasteiger partial charge >= 0.3 is 0 Å². The number of carbonyl (C=O) groups is 1. The number of fused-ring (bicyclic) bond motifs is 1. The van der Waals surface area contributed by atoms with Gasteiger partial charge < -0.3 is 14.3 Å². The highest BCUT2D eigenvalue weighted by atomic mass is 16.6. The number of benzene rings is 1. The predicted octanol–water partition coefficient (Wildman–Crippen LogP) is 2.29. The van der Waals surface area contributed by atoms with E-state index < -0.39 is 0 Å². The van der Waals surface area contributed by atoms with Crippen molar-refractivity contribution in [3.05, 3.63) is 23.3 Å². The fourth-order valence-electron chi connectivity index (χ4n) is 1.81. The Bertz CT molecular complexity index is 410. The summed E-state index contributed by atoms with van der Waals surface area (Å²) in [6.07, 6.45) is 1.36. The number of Topliss-reactive ketones (excluding diaryl/α,β-unsaturated/α-hetero) is 1. The highest BCUT2D eigenvalue weighted by Gasteiger charge is 2.14. The van der Waals surface area contributed by atoms with Crippen molar-refractivity contribution >= 4 is 5.78 Å². The zero-order chi connectivity index (χ0) is 11.5. The largest absolute Gasteiger partial charge is 0.486 e. The molecule has 0 aromatic heterocycles. The van der Waals surface area contributed by atoms with E-state index in [1.165, 1.54) is 5.56 Å². The molecule has 1 aromatic rings. The van der Waals surface area contributed by atoms with E-state index in [1.807, 2.05) is 19.1 Å². The molecule has 0 bridgehead atoms. The maximum absolute atomic E-state index is 11.0. The predicted molar refractivity (Wildman–Crippen MR) is 61.2 cm³/mol. The Labute approximate surface area is 95.4 Å². The molecule has 0 saturated carbocycles. The van der Waals surface area contributed by atoms with Crippen LogP contribution in [0, 0.1) is 6.92 Å². The fraction of sp³-hybridized carbons (Fsp3) is 0.462. The molecule has 3 nitrogen and oxygen atoms in total. The standard InChI is InChI=1S/C13H16O3/c1-9-7-12-13(16-6-5-15-12)8-11(9)4-3-10(2)14/h7-8H,3-6H2,1-2H3. The molecule has 0 aliphatic carbocycles. The van der Waals surface area contributed by atoms with Gasteiger partial charge in [0, 0.05) is 6.42 Å². The first-order chi connectivity index (χ1) is 7.66. The van der Waals surface area contributed by atoms with Gasteiger partial charge in [-0.1, -0.05) is 0 Å². The van der Waals surface area contributed by atoms with Gasteiger partial charge in [0.05, 0.1) is 0 Å². The van der Waals surface area contributed by atoms with Crippen LogP contribution in [0.1, 0.15) is 24.5 Å². The van der Waals surface area contributed by atoms with E-state index in [0.29, 0.717) is 19.6 Å². The third kappa shape index (κ3) is 2.35. The summed E-state index contributed by atoms with van der Waals surface area (Å²) in [6, 6.07) is 3.98. The third-order valence-electron chi connectivity index (χ3n) is 2.75. The SMILES string of the molecule is CC(=O)CCc1cc2c(cc1C)OCCO2. The molecule has 0 spiro atoms. The monoisotopic (exact) mass is 220 g/mol. The molecule has 0 atom stereocenters. The van der Waals surface area contributed by atoms with E-state index in [4.69, 9.17) is 9.47 Å². The van der Waals surface area contributed by atoms with Crippen molar-refractivity contribution in [3.63, 3.8) is 0 Å². The highest BCUT2D eigenvalue weighted by molar-refractivity contribution is 5.75. The van der Waals surface area contributed by atoms with Crippen LogP contribution in [0.4, 0.5) is 0 Å². The topological polar surface area (TPSA) is 35.5 Å². The minimum absolute atomic E-state index is 0.217. The Hall–Kier alpha value is -1.51. The van der Waals surface area contributed by atoms with Crippen LogP contribution in [-0.2, 0) is 11.2 Å². The molecule has 0 fully saturated rings. The molecule has 1 aliphatic heterocycles. The van der Waals surface area contributed by atoms with Crippen molar-refractivity contribution in [2.24, 2.45) is 0 Å². The number of hydrogen-bond donors (Lipinski definition) is 0. The summed E-state index contributed by atoms with van der Waals surface area (Å²) in [5.74, 6) is 1.83. The Morgan fingerprint density at radius 1 is 1.25 bits per heavy atom. The van der Waals surface area contributed by atoms with Gasteiger partial charge in [-0.3, -0.25) is 0 Å². The van der Waals surface area contributed by atoms with Gasteiger partial charge in [-0.05, 0) is 43.5 Å². The smallest absolute Gasteiger partial charge is 0.161 e. The average Bonchev–Trinajstić information content (AvgIpc) is 2.26. The van der Waals surface area contributed by atoms with Gasteiger partial charge in [0.25, 0.3) is 0 Å². The first kappa shape index (κ1) is 11.0. The summed E-state index contributed by atoms with van der Waals surface area (Å²) >= 11 is 0. The van der Waals surface area contributed by atoms with Crippen LogP contribution in [0.25, 0.3) is 0 Å². The van der Waals surface area contributed by atoms with Crippen LogP contribution in [0.3, 0.4) is 0 Å². The van der Waals surface area contributed by atoms with Crippen LogP contribution >= 0.6 is 0 Å². The van der Waals surface area contributed by atoms with Gasteiger partial charge in [-0.15, -0.1) is 0 Å². The van der Waals surface area contributed by atoms with Crippen LogP contribution in [0.5, 0.6) is 11.5 Å². The van der Waals surface area contributed by atoms with Crippen molar-refractivity contribution in [3.8, 4) is 11.5 Å². The first-order valence-corrected chi connectivity index (χ1v) is 5.55. The third-order valence-corrected chi connectivity index (χ3v) is 2.75. The van der Waals surface area contributed by atoms with Crippen molar-refractivity contribution in [1.82, 2.24) is 0 Å². The Balaban J connectivity index is 2.21. The van der Waals surface area contributed by atoms with Crippen molar-refractivity contribution < 1.29 is 14.3 Å². The van der Waals surface area contributed by atoms with E-state index in [-0.39, 0.29) is 5.78 Å². The lowest BCUT2D eigenvalue weighted by molar-refractivity contribution is -0.116. The number of aryl methyl sites for hydroxylation is 2. The molecule has 3 heteroatoms. The fourth-order valence-corrected chi connectivity index (χ4v) is 1.81. The molecule has 16 heavy (non-hydrogen) atoms. The minimum atomic E-state index is 0.217. The van der Waals surface area contributed by atoms with Gasteiger partial charge in [0.1, 0.15) is 19.0 Å². The molecular formula is C13H16O3. The lowest BCUT2D eigenvalue weighted by Gasteiger charge is -2.20. The van der Waals surface area contributed by atoms with Crippen LogP contribution in [-0.4, -0.2) is 19.0 Å². The number of hydrogen-bond acceptors (Lipinski definition) is 3. The summed E-state index contributed by atoms with van der Waals surface area (Å²) in [6.45, 7) is 4.86. The molecule has 1 aliphatic rings. The van der Waals surface area contributed by atoms with Gasteiger partial charge in [-0.2, -0.15) is 0 Å². The molecule has 0 radical (unpaired) electrons. The van der Waals surface area contributed by atoms with E-state index in [1.54, 1.807) is 6.92 Å². The maximum Gasteiger partial charge on any atom is 0.161 e. The lowest BCUT2D eigenvalue weighted by atomic mass is 10.0. The van der Waals surface area contributed by atoms with Crippen LogP contribution in [0.2, 0.25) is 0 Å². The minimum Gasteiger partial charge on any atom is -0.486 e. The molecule has 0 saturated heterocycles. The quantitative estimate of drug-likeness (QED) is 0.784. The second kappa shape index (κ2) is 4.56. The highest BCUT2D eigenvalue weighted by Crippen LogP contribution is 2.33. The summed E-state index contributed by atoms with van der Waals surface area (Å²) in [7, 11) is 0. The first-order valence-electron chi connectivity index (χ1n) is 5.55. The number of carbonyl (C=O) groups excluding carboxylic acids is 1. The Morgan fingerprint density at radius 3 is 2.50 bits per heavy atom. The Morgan fingerprint density at radius 2 is 1.88 bits per heavy atom. The van der Waals surface area contributed by atoms with Crippen LogP contribution < -0.4 is 9.47 Å². The lowest BCUT2D eigenvalue weighted by Crippen LogP contribution is -2.15. The maximum atomic E-state index is 11.0. The summed E-state index contributed by atoms with van der Waals surface area (Å²) in [4.78, 5) is 11.0. The summed E-state index contributed by atoms with van der Waals surface area (Å²) in [5, 5.41) is 0. The van der Waals surface area contributed by atoms with E-state index in [0.717, 1.165) is 23.5 Å². The second-order valence-electron chi connectivity index (χ2n) is 4.12. The normalized spacial score (nSPS) is 13.6. The second-order valence-corrected chi connectivity index (χ2v) is 4.12. The number of ether oxygens (including phenoxy) is 2. The zero-order valence-corrected chi connectivity index (χ0v) is 9.71. The molecule has 0 N–H and O–H groups in total. The molecule has 0 unspecified atom stereocenters. The van der Waals surface area contributed by atoms with Gasteiger partial charge in [0.15, 0.2) is 11.5 Å². The molecular weight excluding hydrogens is 204 g/mol. The average molecular weight is 220 g/mol. The van der Waals surface area contributed by atoms with Crippen LogP contribution in [0.15, 0.2) is 12.1 Å². The van der Waals surface area contributed by atoms with Crippen molar-refractivity contribution in [2.45, 2.75) is 26.7 Å². The van der Waals surface area contributed by atoms with Crippen molar-refractivity contribution in [2.75, 3.05) is 13.2 Å². The van der Waals surface area contributed by atoms with Crippen molar-refractivity contribution in [1.29, 1.82) is 0 Å². The number of ketones is 1. The van der Waals surface area contributed by atoms with E-state index in [2.05, 4.69) is 0 Å². The molecule has 1 aromatic carbocycles. The summed E-state index contributed by atoms with van der Waals surface area (Å²) in [5.41, 5.74) is 2.32. The zero-order valence-electron chi connectivity index (χ0n) is 9.71. The van der Waals surface area contributed by atoms with Gasteiger partial charge in [0.2, 0.25) is 0 Å². The Kier molecular flexibility index (Phi) is 3.13. The molecule has 1 heterocycles. The summed E-state index contributed by atoms with van der Waals surface area (Å²) < 4.78 is 11.0. The molecule has 0 amide bonds. The van der Waals surface area contributed by atoms with E-state index in [9.17, 15) is 4.79 Å². The molecule has 2 rings (SSSR count).